The van der Waals surface area contributed by atoms with Crippen molar-refractivity contribution >= 4 is 59.2 Å². The maximum absolute atomic E-state index is 15.1. The Balaban J connectivity index is 2.02. The number of fused-ring (bicyclic) bond motifs is 3. The van der Waals surface area contributed by atoms with Crippen molar-refractivity contribution in [3.63, 3.8) is 0 Å². The molecule has 4 aromatic rings. The van der Waals surface area contributed by atoms with Crippen LogP contribution in [0.15, 0.2) is 62.8 Å². The maximum atomic E-state index is 15.1. The molecule has 6 heteroatoms. The molecule has 0 radical (unpaired) electrons. The average Bonchev–Trinajstić information content (AvgIpc) is 2.98. The summed E-state index contributed by atoms with van der Waals surface area (Å²) in [5.74, 6) is -2.86. The Labute approximate surface area is 152 Å². The normalized spacial score (nSPS) is 11.5. The van der Waals surface area contributed by atoms with E-state index in [1.807, 2.05) is 0 Å². The largest absolute Gasteiger partial charge is 0.205 e. The molecule has 0 aliphatic heterocycles. The van der Waals surface area contributed by atoms with Gasteiger partial charge in [0, 0.05) is 24.8 Å². The van der Waals surface area contributed by atoms with Crippen LogP contribution in [0.2, 0.25) is 0 Å². The molecule has 0 fully saturated rings. The quantitative estimate of drug-likeness (QED) is 0.302. The van der Waals surface area contributed by atoms with Gasteiger partial charge in [-0.2, -0.15) is 0 Å². The van der Waals surface area contributed by atoms with Crippen molar-refractivity contribution in [1.29, 1.82) is 0 Å². The Kier molecular flexibility index (Phi) is 4.06. The highest BCUT2D eigenvalue weighted by Crippen LogP contribution is 2.44. The van der Waals surface area contributed by atoms with Gasteiger partial charge in [-0.1, -0.05) is 42.1 Å². The summed E-state index contributed by atoms with van der Waals surface area (Å²) in [6.45, 7) is 0. The van der Waals surface area contributed by atoms with Crippen LogP contribution in [0, 0.1) is 17.5 Å². The van der Waals surface area contributed by atoms with Gasteiger partial charge in [0.25, 0.3) is 0 Å². The molecular formula is C18H8BrF3S2. The van der Waals surface area contributed by atoms with Crippen molar-refractivity contribution in [2.75, 3.05) is 0 Å². The second kappa shape index (κ2) is 6.10. The summed E-state index contributed by atoms with van der Waals surface area (Å²) in [5.41, 5.74) is 0. The molecule has 3 aromatic carbocycles. The van der Waals surface area contributed by atoms with Gasteiger partial charge in [0.2, 0.25) is 0 Å². The van der Waals surface area contributed by atoms with E-state index < -0.39 is 17.5 Å². The molecule has 0 aliphatic rings. The van der Waals surface area contributed by atoms with Gasteiger partial charge in [-0.05, 0) is 34.1 Å². The van der Waals surface area contributed by atoms with Crippen LogP contribution in [-0.2, 0) is 0 Å². The Morgan fingerprint density at radius 1 is 0.833 bits per heavy atom. The number of thiophene rings is 1. The summed E-state index contributed by atoms with van der Waals surface area (Å²) in [6, 6.07) is 14.1. The minimum absolute atomic E-state index is 0.0164. The van der Waals surface area contributed by atoms with Crippen molar-refractivity contribution < 1.29 is 13.2 Å². The van der Waals surface area contributed by atoms with Crippen LogP contribution in [0.3, 0.4) is 0 Å². The predicted molar refractivity (Wildman–Crippen MR) is 97.5 cm³/mol. The Hall–Kier alpha value is -1.50. The highest BCUT2D eigenvalue weighted by Gasteiger charge is 2.24. The van der Waals surface area contributed by atoms with E-state index in [2.05, 4.69) is 15.9 Å². The second-order valence-electron chi connectivity index (χ2n) is 5.11. The zero-order valence-electron chi connectivity index (χ0n) is 11.9. The molecule has 0 saturated heterocycles. The fourth-order valence-corrected chi connectivity index (χ4v) is 5.11. The van der Waals surface area contributed by atoms with Crippen molar-refractivity contribution in [1.82, 2.24) is 0 Å². The van der Waals surface area contributed by atoms with E-state index in [0.29, 0.717) is 14.8 Å². The minimum atomic E-state index is -1.15. The summed E-state index contributed by atoms with van der Waals surface area (Å²) in [7, 11) is 0. The Morgan fingerprint density at radius 3 is 2.33 bits per heavy atom. The van der Waals surface area contributed by atoms with Crippen LogP contribution < -0.4 is 0 Å². The van der Waals surface area contributed by atoms with Gasteiger partial charge in [0.15, 0.2) is 11.6 Å². The lowest BCUT2D eigenvalue weighted by atomic mass is 10.1. The van der Waals surface area contributed by atoms with Crippen LogP contribution in [0.5, 0.6) is 0 Å². The molecule has 0 amide bonds. The zero-order chi connectivity index (χ0) is 16.8. The summed E-state index contributed by atoms with van der Waals surface area (Å²) < 4.78 is 45.5. The number of rotatable bonds is 2. The highest BCUT2D eigenvalue weighted by molar-refractivity contribution is 9.10. The lowest BCUT2D eigenvalue weighted by molar-refractivity contribution is 0.480. The molecule has 0 atom stereocenters. The molecule has 1 heterocycles. The van der Waals surface area contributed by atoms with E-state index >= 15 is 4.39 Å². The van der Waals surface area contributed by atoms with E-state index in [-0.39, 0.29) is 15.0 Å². The van der Waals surface area contributed by atoms with Crippen molar-refractivity contribution in [2.45, 2.75) is 9.79 Å². The van der Waals surface area contributed by atoms with E-state index in [1.54, 1.807) is 48.5 Å². The highest BCUT2D eigenvalue weighted by atomic mass is 79.9. The monoisotopic (exact) mass is 424 g/mol. The lowest BCUT2D eigenvalue weighted by Gasteiger charge is -2.09. The molecule has 0 saturated carbocycles. The van der Waals surface area contributed by atoms with Gasteiger partial charge >= 0.3 is 0 Å². The first-order valence-electron chi connectivity index (χ1n) is 6.98. The average molecular weight is 425 g/mol. The number of hydrogen-bond donors (Lipinski definition) is 0. The number of hydrogen-bond acceptors (Lipinski definition) is 2. The van der Waals surface area contributed by atoms with Gasteiger partial charge in [0.1, 0.15) is 5.82 Å². The molecule has 4 rings (SSSR count). The first-order valence-corrected chi connectivity index (χ1v) is 9.40. The third-order valence-corrected chi connectivity index (χ3v) is 6.91. The Bertz CT molecular complexity index is 1090. The maximum Gasteiger partial charge on any atom is 0.178 e. The van der Waals surface area contributed by atoms with Crippen molar-refractivity contribution in [2.24, 2.45) is 0 Å². The molecule has 1 aromatic heterocycles. The van der Waals surface area contributed by atoms with E-state index in [9.17, 15) is 8.78 Å². The van der Waals surface area contributed by atoms with Gasteiger partial charge in [0.05, 0.1) is 9.60 Å². The smallest absolute Gasteiger partial charge is 0.178 e. The van der Waals surface area contributed by atoms with Crippen LogP contribution in [0.4, 0.5) is 13.2 Å². The second-order valence-corrected chi connectivity index (χ2v) is 8.06. The van der Waals surface area contributed by atoms with Crippen LogP contribution in [0.1, 0.15) is 0 Å². The fraction of sp³-hybridized carbons (Fsp3) is 0. The van der Waals surface area contributed by atoms with Gasteiger partial charge < -0.3 is 0 Å². The molecular weight excluding hydrogens is 417 g/mol. The fourth-order valence-electron chi connectivity index (χ4n) is 2.55. The summed E-state index contributed by atoms with van der Waals surface area (Å²) >= 11 is 5.28. The first-order chi connectivity index (χ1) is 11.6. The molecule has 0 spiro atoms. The molecule has 0 bridgehead atoms. The standard InChI is InChI=1S/C18H8BrF3S2/c19-10-6-2-4-8-12(10)24-18-14(20)13-9-5-1-3-7-11(9)23-17(13)15(21)16(18)22/h1-8H. The summed E-state index contributed by atoms with van der Waals surface area (Å²) in [5, 5.41) is 0.743. The van der Waals surface area contributed by atoms with Crippen LogP contribution in [-0.4, -0.2) is 0 Å². The summed E-state index contributed by atoms with van der Waals surface area (Å²) in [6.07, 6.45) is 0. The summed E-state index contributed by atoms with van der Waals surface area (Å²) in [4.78, 5) is 0.295. The molecule has 0 nitrogen and oxygen atoms in total. The molecule has 24 heavy (non-hydrogen) atoms. The molecule has 0 unspecified atom stereocenters. The molecule has 0 N–H and O–H groups in total. The van der Waals surface area contributed by atoms with E-state index in [0.717, 1.165) is 27.8 Å². The van der Waals surface area contributed by atoms with Gasteiger partial charge in [-0.15, -0.1) is 11.3 Å². The third kappa shape index (κ3) is 2.44. The SMILES string of the molecule is Fc1c(Sc2ccccc2Br)c(F)c2c(sc3ccccc32)c1F. The van der Waals surface area contributed by atoms with E-state index in [4.69, 9.17) is 0 Å². The van der Waals surface area contributed by atoms with Crippen LogP contribution in [0.25, 0.3) is 20.2 Å². The zero-order valence-corrected chi connectivity index (χ0v) is 15.2. The van der Waals surface area contributed by atoms with Gasteiger partial charge in [-0.25, -0.2) is 13.2 Å². The predicted octanol–water partition coefficient (Wildman–Crippen LogP) is 7.39. The number of benzene rings is 3. The molecule has 0 aliphatic carbocycles. The molecule has 120 valence electrons. The van der Waals surface area contributed by atoms with Crippen molar-refractivity contribution in [3.05, 3.63) is 70.5 Å². The van der Waals surface area contributed by atoms with Gasteiger partial charge in [-0.3, -0.25) is 0 Å². The third-order valence-electron chi connectivity index (χ3n) is 3.65. The van der Waals surface area contributed by atoms with E-state index in [1.165, 1.54) is 0 Å². The topological polar surface area (TPSA) is 0 Å². The Morgan fingerprint density at radius 2 is 1.54 bits per heavy atom. The van der Waals surface area contributed by atoms with Crippen LogP contribution >= 0.6 is 39.0 Å². The number of halogens is 4. The lowest BCUT2D eigenvalue weighted by Crippen LogP contribution is -1.94. The first kappa shape index (κ1) is 16.0. The minimum Gasteiger partial charge on any atom is -0.205 e. The van der Waals surface area contributed by atoms with Crippen molar-refractivity contribution in [3.8, 4) is 0 Å².